The molecule has 1 aromatic heterocycles. The van der Waals surface area contributed by atoms with E-state index in [0.717, 1.165) is 16.0 Å². The van der Waals surface area contributed by atoms with Crippen molar-refractivity contribution in [3.63, 3.8) is 0 Å². The van der Waals surface area contributed by atoms with Crippen molar-refractivity contribution in [2.75, 3.05) is 11.9 Å². The van der Waals surface area contributed by atoms with E-state index in [0.29, 0.717) is 11.3 Å². The van der Waals surface area contributed by atoms with E-state index in [-0.39, 0.29) is 5.82 Å². The second-order valence-electron chi connectivity index (χ2n) is 3.28. The van der Waals surface area contributed by atoms with E-state index in [1.165, 1.54) is 29.2 Å². The average Bonchev–Trinajstić information content (AvgIpc) is 2.76. The van der Waals surface area contributed by atoms with Crippen LogP contribution in [-0.2, 0) is 5.75 Å². The number of nitrogens with one attached hydrogen (secondary N) is 1. The van der Waals surface area contributed by atoms with Gasteiger partial charge in [-0.05, 0) is 18.6 Å². The highest BCUT2D eigenvalue weighted by Gasteiger charge is 2.06. The first-order chi connectivity index (χ1) is 8.29. The molecule has 2 rings (SSSR count). The Hall–Kier alpha value is -1.14. The summed E-state index contributed by atoms with van der Waals surface area (Å²) in [7, 11) is 0. The Morgan fingerprint density at radius 3 is 2.94 bits per heavy atom. The maximum atomic E-state index is 13.4. The molecule has 0 bridgehead atoms. The fourth-order valence-electron chi connectivity index (χ4n) is 1.25. The Morgan fingerprint density at radius 2 is 2.18 bits per heavy atom. The minimum Gasteiger partial charge on any atom is -0.360 e. The lowest BCUT2D eigenvalue weighted by Gasteiger charge is -1.99. The molecule has 0 aliphatic rings. The van der Waals surface area contributed by atoms with Gasteiger partial charge in [-0.3, -0.25) is 0 Å². The van der Waals surface area contributed by atoms with Gasteiger partial charge in [0.25, 0.3) is 0 Å². The summed E-state index contributed by atoms with van der Waals surface area (Å²) >= 11 is 2.99. The Labute approximate surface area is 107 Å². The van der Waals surface area contributed by atoms with Crippen molar-refractivity contribution in [2.24, 2.45) is 0 Å². The minimum absolute atomic E-state index is 0.170. The van der Waals surface area contributed by atoms with Crippen LogP contribution >= 0.6 is 23.1 Å². The lowest BCUT2D eigenvalue weighted by atomic mass is 10.2. The maximum Gasteiger partial charge on any atom is 0.206 e. The number of hydrogen-bond donors (Lipinski definition) is 1. The van der Waals surface area contributed by atoms with Crippen molar-refractivity contribution < 1.29 is 4.39 Å². The Kier molecular flexibility index (Phi) is 4.33. The van der Waals surface area contributed by atoms with Crippen LogP contribution < -0.4 is 5.32 Å². The summed E-state index contributed by atoms with van der Waals surface area (Å²) in [5.74, 6) is 0.407. The first kappa shape index (κ1) is 12.3. The second-order valence-corrected chi connectivity index (χ2v) is 5.48. The molecule has 3 nitrogen and oxygen atoms in total. The molecule has 2 aromatic rings. The van der Waals surface area contributed by atoms with Gasteiger partial charge in [0.1, 0.15) is 5.82 Å². The zero-order valence-corrected chi connectivity index (χ0v) is 10.9. The van der Waals surface area contributed by atoms with Crippen LogP contribution in [0, 0.1) is 5.82 Å². The van der Waals surface area contributed by atoms with Crippen LogP contribution in [0.4, 0.5) is 9.52 Å². The summed E-state index contributed by atoms with van der Waals surface area (Å²) in [5, 5.41) is 11.9. The van der Waals surface area contributed by atoms with Gasteiger partial charge < -0.3 is 5.32 Å². The van der Waals surface area contributed by atoms with E-state index in [9.17, 15) is 4.39 Å². The summed E-state index contributed by atoms with van der Waals surface area (Å²) in [6.45, 7) is 2.83. The number of rotatable bonds is 5. The summed E-state index contributed by atoms with van der Waals surface area (Å²) in [6, 6.07) is 6.79. The van der Waals surface area contributed by atoms with Crippen molar-refractivity contribution in [2.45, 2.75) is 17.0 Å². The molecule has 0 saturated carbocycles. The molecular formula is C11H12FN3S2. The minimum atomic E-state index is -0.170. The van der Waals surface area contributed by atoms with Crippen molar-refractivity contribution in [1.82, 2.24) is 10.2 Å². The molecular weight excluding hydrogens is 257 g/mol. The Morgan fingerprint density at radius 1 is 1.35 bits per heavy atom. The van der Waals surface area contributed by atoms with Gasteiger partial charge in [-0.25, -0.2) is 4.39 Å². The summed E-state index contributed by atoms with van der Waals surface area (Å²) in [5.41, 5.74) is 0.692. The SMILES string of the molecule is CCNc1nnc(SCc2ccccc2F)s1. The molecule has 0 atom stereocenters. The topological polar surface area (TPSA) is 37.8 Å². The highest BCUT2D eigenvalue weighted by atomic mass is 32.2. The molecule has 1 aromatic carbocycles. The first-order valence-electron chi connectivity index (χ1n) is 5.23. The van der Waals surface area contributed by atoms with Crippen molar-refractivity contribution in [3.8, 4) is 0 Å². The number of anilines is 1. The number of nitrogens with zero attached hydrogens (tertiary/aromatic N) is 2. The van der Waals surface area contributed by atoms with E-state index in [2.05, 4.69) is 15.5 Å². The molecule has 6 heteroatoms. The van der Waals surface area contributed by atoms with Crippen LogP contribution in [0.1, 0.15) is 12.5 Å². The third-order valence-corrected chi connectivity index (χ3v) is 4.11. The van der Waals surface area contributed by atoms with Crippen LogP contribution in [0.3, 0.4) is 0 Å². The van der Waals surface area contributed by atoms with E-state index >= 15 is 0 Å². The van der Waals surface area contributed by atoms with Gasteiger partial charge in [-0.1, -0.05) is 41.3 Å². The largest absolute Gasteiger partial charge is 0.360 e. The van der Waals surface area contributed by atoms with E-state index in [1.54, 1.807) is 12.1 Å². The molecule has 0 amide bonds. The third kappa shape index (κ3) is 3.41. The second kappa shape index (κ2) is 5.97. The number of aromatic nitrogens is 2. The van der Waals surface area contributed by atoms with Gasteiger partial charge in [0.2, 0.25) is 5.13 Å². The van der Waals surface area contributed by atoms with Crippen molar-refractivity contribution in [3.05, 3.63) is 35.6 Å². The van der Waals surface area contributed by atoms with Gasteiger partial charge in [0, 0.05) is 12.3 Å². The number of hydrogen-bond acceptors (Lipinski definition) is 5. The number of benzene rings is 1. The van der Waals surface area contributed by atoms with Crippen LogP contribution in [-0.4, -0.2) is 16.7 Å². The molecule has 90 valence electrons. The molecule has 1 heterocycles. The molecule has 0 aliphatic carbocycles. The van der Waals surface area contributed by atoms with Crippen LogP contribution in [0.5, 0.6) is 0 Å². The van der Waals surface area contributed by atoms with Crippen molar-refractivity contribution in [1.29, 1.82) is 0 Å². The van der Waals surface area contributed by atoms with Gasteiger partial charge in [-0.2, -0.15) is 0 Å². The monoisotopic (exact) mass is 269 g/mol. The normalized spacial score (nSPS) is 10.5. The molecule has 0 spiro atoms. The zero-order valence-electron chi connectivity index (χ0n) is 9.31. The van der Waals surface area contributed by atoms with Crippen LogP contribution in [0.25, 0.3) is 0 Å². The molecule has 0 aliphatic heterocycles. The van der Waals surface area contributed by atoms with Crippen molar-refractivity contribution >= 4 is 28.2 Å². The number of halogens is 1. The molecule has 1 N–H and O–H groups in total. The van der Waals surface area contributed by atoms with Gasteiger partial charge in [0.05, 0.1) is 0 Å². The third-order valence-electron chi connectivity index (χ3n) is 2.04. The smallest absolute Gasteiger partial charge is 0.206 e. The van der Waals surface area contributed by atoms with E-state index in [1.807, 2.05) is 13.0 Å². The predicted octanol–water partition coefficient (Wildman–Crippen LogP) is 3.40. The number of thioether (sulfide) groups is 1. The summed E-state index contributed by atoms with van der Waals surface area (Å²) in [4.78, 5) is 0. The molecule has 0 radical (unpaired) electrons. The molecule has 0 saturated heterocycles. The van der Waals surface area contributed by atoms with E-state index in [4.69, 9.17) is 0 Å². The fourth-order valence-corrected chi connectivity index (χ4v) is 3.05. The Balaban J connectivity index is 1.95. The van der Waals surface area contributed by atoms with Gasteiger partial charge >= 0.3 is 0 Å². The van der Waals surface area contributed by atoms with Crippen LogP contribution in [0.15, 0.2) is 28.6 Å². The quantitative estimate of drug-likeness (QED) is 0.844. The van der Waals surface area contributed by atoms with Crippen LogP contribution in [0.2, 0.25) is 0 Å². The molecule has 17 heavy (non-hydrogen) atoms. The van der Waals surface area contributed by atoms with Gasteiger partial charge in [-0.15, -0.1) is 10.2 Å². The maximum absolute atomic E-state index is 13.4. The highest BCUT2D eigenvalue weighted by Crippen LogP contribution is 2.28. The zero-order chi connectivity index (χ0) is 12.1. The predicted molar refractivity (Wildman–Crippen MR) is 70.0 cm³/mol. The average molecular weight is 269 g/mol. The van der Waals surface area contributed by atoms with E-state index < -0.39 is 0 Å². The summed E-state index contributed by atoms with van der Waals surface area (Å²) < 4.78 is 14.2. The lowest BCUT2D eigenvalue weighted by molar-refractivity contribution is 0.617. The van der Waals surface area contributed by atoms with Gasteiger partial charge in [0.15, 0.2) is 4.34 Å². The lowest BCUT2D eigenvalue weighted by Crippen LogP contribution is -1.94. The molecule has 0 fully saturated rings. The first-order valence-corrected chi connectivity index (χ1v) is 7.03. The summed E-state index contributed by atoms with van der Waals surface area (Å²) in [6.07, 6.45) is 0. The Bertz CT molecular complexity index is 487. The molecule has 0 unspecified atom stereocenters. The fraction of sp³-hybridized carbons (Fsp3) is 0.273. The standard InChI is InChI=1S/C11H12FN3S2/c1-2-13-10-14-15-11(17-10)16-7-8-5-3-4-6-9(8)12/h3-6H,2,7H2,1H3,(H,13,14). The highest BCUT2D eigenvalue weighted by molar-refractivity contribution is 8.00.